The Labute approximate surface area is 231 Å². The number of nitrogens with zero attached hydrogens (tertiary/aromatic N) is 1. The molecule has 0 spiro atoms. The molecule has 2 unspecified atom stereocenters. The molecule has 2 aromatic rings. The molecule has 1 amide bonds. The third-order valence-corrected chi connectivity index (χ3v) is 7.47. The summed E-state index contributed by atoms with van der Waals surface area (Å²) in [4.78, 5) is 28.6. The number of phenolic OH excluding ortho intramolecular Hbond substituents is 1. The van der Waals surface area contributed by atoms with Gasteiger partial charge in [0.05, 0.1) is 24.3 Å². The predicted octanol–water partition coefficient (Wildman–Crippen LogP) is 5.99. The summed E-state index contributed by atoms with van der Waals surface area (Å²) in [5.74, 6) is -0.773. The van der Waals surface area contributed by atoms with Crippen molar-refractivity contribution in [3.05, 3.63) is 64.2 Å². The Morgan fingerprint density at radius 2 is 1.62 bits per heavy atom. The van der Waals surface area contributed by atoms with E-state index in [4.69, 9.17) is 9.47 Å². The number of carbonyl (C=O) groups is 2. The first-order valence-electron chi connectivity index (χ1n) is 13.7. The first-order valence-corrected chi connectivity index (χ1v) is 13.7. The van der Waals surface area contributed by atoms with Crippen LogP contribution >= 0.6 is 0 Å². The van der Waals surface area contributed by atoms with Crippen molar-refractivity contribution in [2.24, 2.45) is 0 Å². The number of aromatic hydroxyl groups is 1. The summed E-state index contributed by atoms with van der Waals surface area (Å²) in [7, 11) is 0. The third-order valence-electron chi connectivity index (χ3n) is 7.47. The average Bonchev–Trinajstić information content (AvgIpc) is 3.45. The molecule has 4 rings (SSSR count). The van der Waals surface area contributed by atoms with Crippen molar-refractivity contribution >= 4 is 17.4 Å². The summed E-state index contributed by atoms with van der Waals surface area (Å²) in [6.45, 7) is 15.3. The fourth-order valence-corrected chi connectivity index (χ4v) is 5.41. The lowest BCUT2D eigenvalue weighted by Gasteiger charge is -2.32. The van der Waals surface area contributed by atoms with Gasteiger partial charge in [-0.2, -0.15) is 0 Å². The number of ether oxygens (including phenoxy) is 2. The molecule has 2 fully saturated rings. The number of Topliss-reactive ketones (excluding diaryl/α,β-unsaturated/α-hetero) is 1. The van der Waals surface area contributed by atoms with Gasteiger partial charge in [-0.05, 0) is 83.7 Å². The standard InChI is InChI=1S/C32H41NO6/c1-8-38-21-13-11-19(12-14-21)27(34)25-26(33(30(37)29(25)36)18-22-10-9-15-39-22)20-16-23(31(2,3)4)28(35)24(17-20)32(5,6)7/h11-14,16-17,22,26,34-35H,8-10,15,18H2,1-7H3/b27-25+. The van der Waals surface area contributed by atoms with Gasteiger partial charge in [0.1, 0.15) is 17.3 Å². The molecule has 2 heterocycles. The van der Waals surface area contributed by atoms with Gasteiger partial charge in [-0.1, -0.05) is 41.5 Å². The zero-order valence-corrected chi connectivity index (χ0v) is 24.1. The highest BCUT2D eigenvalue weighted by Crippen LogP contribution is 2.46. The van der Waals surface area contributed by atoms with E-state index < -0.39 is 28.6 Å². The highest BCUT2D eigenvalue weighted by molar-refractivity contribution is 6.46. The van der Waals surface area contributed by atoms with Crippen molar-refractivity contribution in [2.45, 2.75) is 84.3 Å². The highest BCUT2D eigenvalue weighted by atomic mass is 16.5. The Hall–Kier alpha value is -3.32. The predicted molar refractivity (Wildman–Crippen MR) is 151 cm³/mol. The maximum atomic E-state index is 13.6. The molecular formula is C32H41NO6. The van der Waals surface area contributed by atoms with Crippen LogP contribution in [-0.4, -0.2) is 52.7 Å². The van der Waals surface area contributed by atoms with Crippen LogP contribution in [0.5, 0.6) is 11.5 Å². The number of phenols is 1. The fraction of sp³-hybridized carbons (Fsp3) is 0.500. The number of ketones is 1. The van der Waals surface area contributed by atoms with Crippen LogP contribution in [-0.2, 0) is 25.2 Å². The molecule has 2 aliphatic heterocycles. The van der Waals surface area contributed by atoms with E-state index in [-0.39, 0.29) is 29.7 Å². The smallest absolute Gasteiger partial charge is 0.295 e. The van der Waals surface area contributed by atoms with Gasteiger partial charge in [0, 0.05) is 18.7 Å². The van der Waals surface area contributed by atoms with Gasteiger partial charge >= 0.3 is 0 Å². The monoisotopic (exact) mass is 535 g/mol. The number of amides is 1. The van der Waals surface area contributed by atoms with Crippen LogP contribution in [0.1, 0.15) is 89.6 Å². The minimum atomic E-state index is -0.830. The van der Waals surface area contributed by atoms with Crippen molar-refractivity contribution in [2.75, 3.05) is 19.8 Å². The molecule has 39 heavy (non-hydrogen) atoms. The molecule has 2 atom stereocenters. The van der Waals surface area contributed by atoms with Crippen molar-refractivity contribution in [3.8, 4) is 11.5 Å². The van der Waals surface area contributed by atoms with Crippen molar-refractivity contribution < 1.29 is 29.3 Å². The normalized spacial score (nSPS) is 21.6. The van der Waals surface area contributed by atoms with Crippen LogP contribution in [0, 0.1) is 0 Å². The van der Waals surface area contributed by atoms with Crippen molar-refractivity contribution in [1.29, 1.82) is 0 Å². The van der Waals surface area contributed by atoms with Gasteiger partial charge in [0.15, 0.2) is 0 Å². The topological polar surface area (TPSA) is 96.3 Å². The van der Waals surface area contributed by atoms with E-state index >= 15 is 0 Å². The third kappa shape index (κ3) is 5.69. The lowest BCUT2D eigenvalue weighted by molar-refractivity contribution is -0.140. The van der Waals surface area contributed by atoms with E-state index in [2.05, 4.69) is 0 Å². The number of aliphatic hydroxyl groups is 1. The van der Waals surface area contributed by atoms with Crippen molar-refractivity contribution in [3.63, 3.8) is 0 Å². The van der Waals surface area contributed by atoms with Crippen LogP contribution in [0.3, 0.4) is 0 Å². The van der Waals surface area contributed by atoms with Crippen LogP contribution in [0.4, 0.5) is 0 Å². The minimum absolute atomic E-state index is 0.0348. The van der Waals surface area contributed by atoms with Crippen LogP contribution in [0.15, 0.2) is 42.0 Å². The molecule has 2 aromatic carbocycles. The maximum absolute atomic E-state index is 13.6. The second kappa shape index (κ2) is 10.7. The number of likely N-dealkylation sites (tertiary alicyclic amines) is 1. The van der Waals surface area contributed by atoms with Gasteiger partial charge in [0.2, 0.25) is 0 Å². The quantitative estimate of drug-likeness (QED) is 0.268. The number of benzene rings is 2. The molecule has 0 aromatic heterocycles. The summed E-state index contributed by atoms with van der Waals surface area (Å²) in [5, 5.41) is 22.8. The Morgan fingerprint density at radius 3 is 2.10 bits per heavy atom. The minimum Gasteiger partial charge on any atom is -0.507 e. The number of hydrogen-bond acceptors (Lipinski definition) is 6. The van der Waals surface area contributed by atoms with Gasteiger partial charge in [-0.3, -0.25) is 9.59 Å². The van der Waals surface area contributed by atoms with E-state index in [1.807, 2.05) is 60.6 Å². The summed E-state index contributed by atoms with van der Waals surface area (Å²) in [6, 6.07) is 9.73. The van der Waals surface area contributed by atoms with Gasteiger partial charge < -0.3 is 24.6 Å². The van der Waals surface area contributed by atoms with E-state index in [1.165, 1.54) is 4.90 Å². The molecule has 7 heteroatoms. The second-order valence-electron chi connectivity index (χ2n) is 12.5. The Bertz CT molecular complexity index is 1240. The Balaban J connectivity index is 1.95. The second-order valence-corrected chi connectivity index (χ2v) is 12.5. The summed E-state index contributed by atoms with van der Waals surface area (Å²) >= 11 is 0. The molecule has 2 N–H and O–H groups in total. The van der Waals surface area contributed by atoms with Crippen molar-refractivity contribution in [1.82, 2.24) is 4.90 Å². The molecule has 0 bridgehead atoms. The molecule has 7 nitrogen and oxygen atoms in total. The molecule has 0 saturated carbocycles. The summed E-state index contributed by atoms with van der Waals surface area (Å²) < 4.78 is 11.4. The first-order chi connectivity index (χ1) is 18.2. The highest BCUT2D eigenvalue weighted by Gasteiger charge is 2.47. The number of hydrogen-bond donors (Lipinski definition) is 2. The number of rotatable bonds is 6. The zero-order chi connectivity index (χ0) is 28.7. The van der Waals surface area contributed by atoms with E-state index in [1.54, 1.807) is 24.3 Å². The van der Waals surface area contributed by atoms with Crippen LogP contribution in [0.25, 0.3) is 5.76 Å². The first kappa shape index (κ1) is 28.7. The molecular weight excluding hydrogens is 494 g/mol. The molecule has 210 valence electrons. The molecule has 2 saturated heterocycles. The lowest BCUT2D eigenvalue weighted by atomic mass is 9.77. The Morgan fingerprint density at radius 1 is 1.03 bits per heavy atom. The Kier molecular flexibility index (Phi) is 7.86. The van der Waals surface area contributed by atoms with Gasteiger partial charge in [-0.25, -0.2) is 0 Å². The maximum Gasteiger partial charge on any atom is 0.295 e. The van der Waals surface area contributed by atoms with Crippen LogP contribution in [0.2, 0.25) is 0 Å². The molecule has 2 aliphatic rings. The summed E-state index contributed by atoms with van der Waals surface area (Å²) in [6.07, 6.45) is 1.51. The van der Waals surface area contributed by atoms with E-state index in [9.17, 15) is 19.8 Å². The van der Waals surface area contributed by atoms with Gasteiger partial charge in [0.25, 0.3) is 11.7 Å². The van der Waals surface area contributed by atoms with E-state index in [0.717, 1.165) is 12.8 Å². The fourth-order valence-electron chi connectivity index (χ4n) is 5.41. The van der Waals surface area contributed by atoms with Crippen LogP contribution < -0.4 is 4.74 Å². The molecule has 0 radical (unpaired) electrons. The largest absolute Gasteiger partial charge is 0.507 e. The SMILES string of the molecule is CCOc1ccc(/C(O)=C2\C(=O)C(=O)N(CC3CCCO3)C2c2cc(C(C)(C)C)c(O)c(C(C)(C)C)c2)cc1. The lowest BCUT2D eigenvalue weighted by Crippen LogP contribution is -2.36. The van der Waals surface area contributed by atoms with Gasteiger partial charge in [-0.15, -0.1) is 0 Å². The summed E-state index contributed by atoms with van der Waals surface area (Å²) in [5.41, 5.74) is 1.74. The average molecular weight is 536 g/mol. The van der Waals surface area contributed by atoms with E-state index in [0.29, 0.717) is 41.2 Å². The zero-order valence-electron chi connectivity index (χ0n) is 24.1. The number of carbonyl (C=O) groups excluding carboxylic acids is 2. The molecule has 0 aliphatic carbocycles. The number of aliphatic hydroxyl groups excluding tert-OH is 1.